The smallest absolute Gasteiger partial charge is 0.480 e. The Balaban J connectivity index is 2.25. The van der Waals surface area contributed by atoms with Gasteiger partial charge < -0.3 is 14.2 Å². The number of non-ortho nitro benzene ring substituents is 1. The lowest BCUT2D eigenvalue weighted by Crippen LogP contribution is -2.34. The maximum absolute atomic E-state index is 12.9. The van der Waals surface area contributed by atoms with Crippen molar-refractivity contribution in [3.8, 4) is 11.5 Å². The molecule has 25 heavy (non-hydrogen) atoms. The molecule has 0 fully saturated rings. The van der Waals surface area contributed by atoms with Gasteiger partial charge in [-0.2, -0.15) is 5.09 Å². The Bertz CT molecular complexity index is 795. The summed E-state index contributed by atoms with van der Waals surface area (Å²) in [6.07, 6.45) is 0. The number of carboxylic acid groups (broad SMARTS) is 1. The quantitative estimate of drug-likeness (QED) is 0.414. The summed E-state index contributed by atoms with van der Waals surface area (Å²) in [6, 6.07) is 11.7. The molecule has 0 unspecified atom stereocenters. The summed E-state index contributed by atoms with van der Waals surface area (Å²) < 4.78 is 23.6. The number of hydrogen-bond acceptors (Lipinski definition) is 6. The molecule has 2 atom stereocenters. The highest BCUT2D eigenvalue weighted by atomic mass is 31.2. The minimum absolute atomic E-state index is 0.0231. The first-order valence-corrected chi connectivity index (χ1v) is 8.63. The average Bonchev–Trinajstić information content (AvgIpc) is 2.55. The van der Waals surface area contributed by atoms with Gasteiger partial charge in [0.1, 0.15) is 17.5 Å². The molecule has 0 radical (unpaired) electrons. The molecule has 10 heteroatoms. The molecule has 0 aromatic heterocycles. The number of carbonyl (C=O) groups is 1. The Morgan fingerprint density at radius 1 is 1.12 bits per heavy atom. The zero-order chi connectivity index (χ0) is 18.4. The molecule has 2 N–H and O–H groups in total. The number of para-hydroxylation sites is 1. The van der Waals surface area contributed by atoms with Gasteiger partial charge in [-0.1, -0.05) is 18.2 Å². The summed E-state index contributed by atoms with van der Waals surface area (Å²) in [5.41, 5.74) is -0.168. The predicted octanol–water partition coefficient (Wildman–Crippen LogP) is 3.22. The Morgan fingerprint density at radius 3 is 2.12 bits per heavy atom. The summed E-state index contributed by atoms with van der Waals surface area (Å²) in [6.45, 7) is 1.28. The van der Waals surface area contributed by atoms with E-state index < -0.39 is 24.7 Å². The van der Waals surface area contributed by atoms with Crippen molar-refractivity contribution in [2.24, 2.45) is 0 Å². The molecule has 0 aliphatic carbocycles. The van der Waals surface area contributed by atoms with E-state index in [4.69, 9.17) is 14.2 Å². The van der Waals surface area contributed by atoms with Crippen LogP contribution < -0.4 is 14.1 Å². The molecule has 132 valence electrons. The molecule has 0 bridgehead atoms. The van der Waals surface area contributed by atoms with Crippen LogP contribution in [-0.2, 0) is 9.36 Å². The minimum Gasteiger partial charge on any atom is -0.480 e. The third-order valence-electron chi connectivity index (χ3n) is 2.96. The normalized spacial score (nSPS) is 14.1. The number of nitro benzene ring substituents is 1. The lowest BCUT2D eigenvalue weighted by atomic mass is 10.3. The Hall–Kier alpha value is -2.90. The molecule has 0 aliphatic heterocycles. The van der Waals surface area contributed by atoms with Crippen molar-refractivity contribution in [3.05, 3.63) is 64.7 Å². The van der Waals surface area contributed by atoms with Gasteiger partial charge in [-0.25, -0.2) is 4.57 Å². The topological polar surface area (TPSA) is 128 Å². The number of carboxylic acids is 1. The van der Waals surface area contributed by atoms with Crippen LogP contribution in [0.1, 0.15) is 6.92 Å². The predicted molar refractivity (Wildman–Crippen MR) is 88.6 cm³/mol. The van der Waals surface area contributed by atoms with Crippen LogP contribution in [0.3, 0.4) is 0 Å². The molecule has 2 rings (SSSR count). The van der Waals surface area contributed by atoms with E-state index in [1.54, 1.807) is 18.2 Å². The lowest BCUT2D eigenvalue weighted by molar-refractivity contribution is -0.384. The Labute approximate surface area is 142 Å². The second-order valence-corrected chi connectivity index (χ2v) is 6.55. The maximum atomic E-state index is 12.9. The fourth-order valence-corrected chi connectivity index (χ4v) is 3.28. The van der Waals surface area contributed by atoms with Crippen LogP contribution in [0, 0.1) is 10.1 Å². The molecular formula is C15H15N2O7P. The molecule has 0 aliphatic rings. The van der Waals surface area contributed by atoms with E-state index in [9.17, 15) is 19.5 Å². The third-order valence-corrected chi connectivity index (χ3v) is 4.57. The van der Waals surface area contributed by atoms with Crippen molar-refractivity contribution in [2.45, 2.75) is 13.0 Å². The van der Waals surface area contributed by atoms with E-state index in [1.165, 1.54) is 43.3 Å². The van der Waals surface area contributed by atoms with Gasteiger partial charge in [0.05, 0.1) is 4.92 Å². The molecule has 0 heterocycles. The molecule has 9 nitrogen and oxygen atoms in total. The van der Waals surface area contributed by atoms with E-state index >= 15 is 0 Å². The molecule has 2 aromatic rings. The fraction of sp³-hybridized carbons (Fsp3) is 0.133. The van der Waals surface area contributed by atoms with Crippen molar-refractivity contribution < 1.29 is 28.4 Å². The monoisotopic (exact) mass is 366 g/mol. The van der Waals surface area contributed by atoms with Crippen LogP contribution >= 0.6 is 7.75 Å². The van der Waals surface area contributed by atoms with Crippen molar-refractivity contribution >= 4 is 19.4 Å². The van der Waals surface area contributed by atoms with Crippen LogP contribution in [0.25, 0.3) is 0 Å². The second kappa shape index (κ2) is 7.78. The highest BCUT2D eigenvalue weighted by Crippen LogP contribution is 2.45. The van der Waals surface area contributed by atoms with Gasteiger partial charge in [-0.3, -0.25) is 14.9 Å². The third kappa shape index (κ3) is 5.30. The highest BCUT2D eigenvalue weighted by molar-refractivity contribution is 7.52. The summed E-state index contributed by atoms with van der Waals surface area (Å²) in [5.74, 6) is -1.02. The first-order valence-electron chi connectivity index (χ1n) is 7.08. The number of hydrogen-bond donors (Lipinski definition) is 2. The number of aliphatic carboxylic acids is 1. The van der Waals surface area contributed by atoms with Crippen LogP contribution in [0.5, 0.6) is 11.5 Å². The van der Waals surface area contributed by atoms with Gasteiger partial charge in [0.15, 0.2) is 0 Å². The van der Waals surface area contributed by atoms with Crippen molar-refractivity contribution in [3.63, 3.8) is 0 Å². The van der Waals surface area contributed by atoms with Gasteiger partial charge in [0.2, 0.25) is 0 Å². The molecule has 0 amide bonds. The molecule has 0 saturated carbocycles. The zero-order valence-corrected chi connectivity index (χ0v) is 14.0. The number of nitrogens with zero attached hydrogens (tertiary/aromatic N) is 1. The first kappa shape index (κ1) is 18.4. The SMILES string of the molecule is C[C@H](N[P@@](=O)(Oc1ccccc1)Oc1ccc([N+](=O)[O-])cc1)C(=O)O. The van der Waals surface area contributed by atoms with E-state index in [-0.39, 0.29) is 17.2 Å². The number of nitrogens with one attached hydrogen (secondary N) is 1. The Kier molecular flexibility index (Phi) is 5.74. The summed E-state index contributed by atoms with van der Waals surface area (Å²) in [5, 5.41) is 22.0. The van der Waals surface area contributed by atoms with Crippen molar-refractivity contribution in [1.82, 2.24) is 5.09 Å². The first-order chi connectivity index (χ1) is 11.8. The van der Waals surface area contributed by atoms with Gasteiger partial charge in [-0.15, -0.1) is 0 Å². The van der Waals surface area contributed by atoms with Crippen molar-refractivity contribution in [2.75, 3.05) is 0 Å². The standard InChI is InChI=1S/C15H15N2O7P/c1-11(15(18)19)16-25(22,23-13-5-3-2-4-6-13)24-14-9-7-12(8-10-14)17(20)21/h2-11H,1H3,(H,16,22)(H,18,19)/t11-,25+/m0/s1. The van der Waals surface area contributed by atoms with E-state index in [1.807, 2.05) is 0 Å². The number of benzene rings is 2. The second-order valence-electron chi connectivity index (χ2n) is 4.93. The minimum atomic E-state index is -4.11. The van der Waals surface area contributed by atoms with Crippen molar-refractivity contribution in [1.29, 1.82) is 0 Å². The van der Waals surface area contributed by atoms with Crippen LogP contribution in [-0.4, -0.2) is 22.0 Å². The summed E-state index contributed by atoms with van der Waals surface area (Å²) in [7, 11) is -4.11. The summed E-state index contributed by atoms with van der Waals surface area (Å²) in [4.78, 5) is 21.1. The Morgan fingerprint density at radius 2 is 1.64 bits per heavy atom. The van der Waals surface area contributed by atoms with Crippen LogP contribution in [0.15, 0.2) is 54.6 Å². The van der Waals surface area contributed by atoms with Gasteiger partial charge >= 0.3 is 13.7 Å². The van der Waals surface area contributed by atoms with E-state index in [0.717, 1.165) is 0 Å². The molecular weight excluding hydrogens is 351 g/mol. The summed E-state index contributed by atoms with van der Waals surface area (Å²) >= 11 is 0. The van der Waals surface area contributed by atoms with Gasteiger partial charge in [0.25, 0.3) is 5.69 Å². The number of rotatable bonds is 8. The molecule has 0 spiro atoms. The molecule has 2 aromatic carbocycles. The molecule has 0 saturated heterocycles. The van der Waals surface area contributed by atoms with E-state index in [2.05, 4.69) is 5.09 Å². The fourth-order valence-electron chi connectivity index (χ4n) is 1.75. The number of nitro groups is 1. The maximum Gasteiger partial charge on any atom is 0.513 e. The zero-order valence-electron chi connectivity index (χ0n) is 13.1. The van der Waals surface area contributed by atoms with E-state index in [0.29, 0.717) is 0 Å². The van der Waals surface area contributed by atoms with Crippen LogP contribution in [0.2, 0.25) is 0 Å². The average molecular weight is 366 g/mol. The van der Waals surface area contributed by atoms with Crippen LogP contribution in [0.4, 0.5) is 5.69 Å². The van der Waals surface area contributed by atoms with Gasteiger partial charge in [-0.05, 0) is 31.2 Å². The van der Waals surface area contributed by atoms with Gasteiger partial charge in [0, 0.05) is 12.1 Å². The largest absolute Gasteiger partial charge is 0.513 e. The highest BCUT2D eigenvalue weighted by Gasteiger charge is 2.33. The lowest BCUT2D eigenvalue weighted by Gasteiger charge is -2.22.